The second-order valence-electron chi connectivity index (χ2n) is 22.3. The highest BCUT2D eigenvalue weighted by molar-refractivity contribution is 6.94. The van der Waals surface area contributed by atoms with Crippen molar-refractivity contribution in [3.8, 4) is 16.8 Å². The molecule has 2 nitrogen and oxygen atoms in total. The lowest BCUT2D eigenvalue weighted by molar-refractivity contribution is -0.00509. The van der Waals surface area contributed by atoms with Gasteiger partial charge in [0.1, 0.15) is 0 Å². The third-order valence-electron chi connectivity index (χ3n) is 19.0. The summed E-state index contributed by atoms with van der Waals surface area (Å²) in [5, 5.41) is 5.75. The third kappa shape index (κ3) is 4.06. The number of rotatable bonds is 3. The summed E-state index contributed by atoms with van der Waals surface area (Å²) >= 11 is 0. The quantitative estimate of drug-likeness (QED) is 0.162. The Morgan fingerprint density at radius 2 is 1.32 bits per heavy atom. The second kappa shape index (κ2) is 11.2. The normalized spacial score (nSPS) is 30.6. The van der Waals surface area contributed by atoms with Crippen LogP contribution in [0.2, 0.25) is 0 Å². The van der Waals surface area contributed by atoms with E-state index >= 15 is 0 Å². The lowest BCUT2D eigenvalue weighted by Crippen LogP contribution is -2.62. The summed E-state index contributed by atoms with van der Waals surface area (Å²) < 4.78 is 2.77. The lowest BCUT2D eigenvalue weighted by atomic mass is 9.42. The molecule has 7 aromatic rings. The zero-order valence-electron chi connectivity index (χ0n) is 35.7. The molecule has 6 fully saturated rings. The largest absolute Gasteiger partial charge is 0.376 e. The van der Waals surface area contributed by atoms with Gasteiger partial charge in [0.25, 0.3) is 0 Å². The van der Waals surface area contributed by atoms with Gasteiger partial charge in [0.15, 0.2) is 0 Å². The van der Waals surface area contributed by atoms with Gasteiger partial charge in [-0.3, -0.25) is 0 Å². The molecular weight excluding hydrogens is 723 g/mol. The highest BCUT2D eigenvalue weighted by Gasteiger charge is 2.54. The number of fused-ring (bicyclic) bond motifs is 13. The predicted molar refractivity (Wildman–Crippen MR) is 251 cm³/mol. The van der Waals surface area contributed by atoms with Crippen molar-refractivity contribution in [3.63, 3.8) is 0 Å². The van der Waals surface area contributed by atoms with Gasteiger partial charge in [0.05, 0.1) is 11.0 Å². The molecule has 3 aliphatic heterocycles. The van der Waals surface area contributed by atoms with Gasteiger partial charge in [0, 0.05) is 38.8 Å². The van der Waals surface area contributed by atoms with Crippen molar-refractivity contribution in [3.05, 3.63) is 125 Å². The maximum Gasteiger partial charge on any atom is 0.333 e. The molecule has 0 radical (unpaired) electrons. The van der Waals surface area contributed by atoms with Gasteiger partial charge in [-0.05, 0) is 184 Å². The minimum absolute atomic E-state index is 0.0779. The fraction of sp³-hybridized carbons (Fsp3) is 0.404. The van der Waals surface area contributed by atoms with Crippen LogP contribution < -0.4 is 15.7 Å². The summed E-state index contributed by atoms with van der Waals surface area (Å²) in [5.74, 6) is 4.52. The van der Waals surface area contributed by atoms with E-state index < -0.39 is 0 Å². The Balaban J connectivity index is 1.09. The van der Waals surface area contributed by atoms with Crippen LogP contribution in [-0.4, -0.2) is 11.4 Å². The summed E-state index contributed by atoms with van der Waals surface area (Å²) in [6, 6.07) is 42.1. The minimum atomic E-state index is -0.118. The first-order chi connectivity index (χ1) is 29.3. The van der Waals surface area contributed by atoms with Crippen LogP contribution in [0.1, 0.15) is 120 Å². The van der Waals surface area contributed by atoms with Gasteiger partial charge in [-0.25, -0.2) is 0 Å². The van der Waals surface area contributed by atoms with E-state index in [-0.39, 0.29) is 12.3 Å². The van der Waals surface area contributed by atoms with Crippen molar-refractivity contribution >= 4 is 61.7 Å². The average molecular weight is 779 g/mol. The SMILES string of the molecule is CCC1(c2ccc3c(c2)c2cc(C45CC6CC(CC(C6)C4)C5)cc4c2n3-c2cc3ccccc3c3c2B4N2c4ccccc4C(C)(C)c4cccc-3c42)CC2CC[C@H](C2)C1. The van der Waals surface area contributed by atoms with E-state index in [2.05, 4.69) is 133 Å². The summed E-state index contributed by atoms with van der Waals surface area (Å²) in [6.07, 6.45) is 17.0. The first-order valence-corrected chi connectivity index (χ1v) is 24.0. The van der Waals surface area contributed by atoms with Crippen LogP contribution in [0.25, 0.3) is 49.4 Å². The number of nitrogens with zero attached hydrogens (tertiary/aromatic N) is 2. The van der Waals surface area contributed by atoms with Crippen LogP contribution in [-0.2, 0) is 16.2 Å². The molecule has 1 aromatic heterocycles. The summed E-state index contributed by atoms with van der Waals surface area (Å²) in [4.78, 5) is 2.85. The number of hydrogen-bond donors (Lipinski definition) is 0. The van der Waals surface area contributed by atoms with Crippen LogP contribution >= 0.6 is 0 Å². The lowest BCUT2D eigenvalue weighted by Gasteiger charge is -2.57. The van der Waals surface area contributed by atoms with E-state index in [9.17, 15) is 0 Å². The monoisotopic (exact) mass is 778 g/mol. The molecule has 9 aliphatic rings. The summed E-state index contributed by atoms with van der Waals surface area (Å²) in [6.45, 7) is 7.51. The molecule has 6 aromatic carbocycles. The molecule has 0 N–H and O–H groups in total. The molecule has 3 heteroatoms. The molecule has 60 heavy (non-hydrogen) atoms. The van der Waals surface area contributed by atoms with E-state index in [1.54, 1.807) is 11.1 Å². The Kier molecular flexibility index (Phi) is 6.32. The van der Waals surface area contributed by atoms with Crippen LogP contribution in [0.15, 0.2) is 103 Å². The number of aromatic nitrogens is 1. The highest BCUT2D eigenvalue weighted by Crippen LogP contribution is 2.62. The standard InChI is InChI=1S/C57H55BN2/c1-4-56(28-33-16-17-34(20-33)29-56)39-18-19-48-43(25-39)44-26-40(57-30-35-21-36(31-57)23-37(22-35)32-57)27-47-54(44)59(48)50-24-38-10-5-6-11-41(38)51-42-12-9-14-46-53(42)60(58(47)52(50)51)49-15-8-7-13-45(49)55(46,2)3/h5-15,18-19,24-27,33-37H,4,16-17,20-23,28-32H2,1-3H3/t33-,34?,35?,36?,37?,56?,57?/m1/s1. The number of para-hydroxylation sites is 2. The van der Waals surface area contributed by atoms with E-state index in [0.29, 0.717) is 10.8 Å². The summed E-state index contributed by atoms with van der Waals surface area (Å²) in [5.41, 5.74) is 19.6. The molecule has 0 amide bonds. The van der Waals surface area contributed by atoms with Gasteiger partial charge < -0.3 is 9.38 Å². The Hall–Kier alpha value is -4.76. The van der Waals surface area contributed by atoms with Gasteiger partial charge >= 0.3 is 6.85 Å². The van der Waals surface area contributed by atoms with Gasteiger partial charge in [-0.1, -0.05) is 106 Å². The molecular formula is C57H55BN2. The summed E-state index contributed by atoms with van der Waals surface area (Å²) in [7, 11) is 0. The van der Waals surface area contributed by atoms with Gasteiger partial charge in [-0.15, -0.1) is 0 Å². The van der Waals surface area contributed by atoms with E-state index in [1.807, 2.05) is 0 Å². The van der Waals surface area contributed by atoms with Crippen LogP contribution in [0.4, 0.5) is 11.4 Å². The fourth-order valence-electron chi connectivity index (χ4n) is 17.0. The van der Waals surface area contributed by atoms with Crippen molar-refractivity contribution in [2.75, 3.05) is 4.81 Å². The fourth-order valence-corrected chi connectivity index (χ4v) is 17.0. The smallest absolute Gasteiger partial charge is 0.333 e. The van der Waals surface area contributed by atoms with Crippen molar-refractivity contribution in [2.24, 2.45) is 29.6 Å². The molecule has 6 saturated carbocycles. The molecule has 0 spiro atoms. The van der Waals surface area contributed by atoms with Crippen molar-refractivity contribution in [1.29, 1.82) is 0 Å². The Bertz CT molecular complexity index is 3020. The number of anilines is 2. The molecule has 3 atom stereocenters. The number of hydrogen-bond acceptors (Lipinski definition) is 1. The Morgan fingerprint density at radius 3 is 2.10 bits per heavy atom. The molecule has 2 unspecified atom stereocenters. The molecule has 296 valence electrons. The van der Waals surface area contributed by atoms with Crippen LogP contribution in [0.5, 0.6) is 0 Å². The maximum absolute atomic E-state index is 2.85. The van der Waals surface area contributed by atoms with E-state index in [1.165, 1.54) is 160 Å². The van der Waals surface area contributed by atoms with E-state index in [0.717, 1.165) is 29.6 Å². The second-order valence-corrected chi connectivity index (χ2v) is 22.3. The zero-order valence-corrected chi connectivity index (χ0v) is 35.7. The molecule has 6 aliphatic carbocycles. The average Bonchev–Trinajstić information content (AvgIpc) is 3.79. The maximum atomic E-state index is 2.85. The minimum Gasteiger partial charge on any atom is -0.376 e. The molecule has 4 heterocycles. The molecule has 6 bridgehead atoms. The van der Waals surface area contributed by atoms with Crippen molar-refractivity contribution < 1.29 is 0 Å². The zero-order chi connectivity index (χ0) is 39.4. The Morgan fingerprint density at radius 1 is 0.617 bits per heavy atom. The van der Waals surface area contributed by atoms with Gasteiger partial charge in [-0.2, -0.15) is 0 Å². The first kappa shape index (κ1) is 33.9. The molecule has 0 saturated heterocycles. The molecule has 16 rings (SSSR count). The third-order valence-corrected chi connectivity index (χ3v) is 19.0. The predicted octanol–water partition coefficient (Wildman–Crippen LogP) is 13.1. The Labute approximate surface area is 355 Å². The highest BCUT2D eigenvalue weighted by atomic mass is 15.1. The number of benzene rings is 6. The van der Waals surface area contributed by atoms with Crippen LogP contribution in [0.3, 0.4) is 0 Å². The van der Waals surface area contributed by atoms with E-state index in [4.69, 9.17) is 0 Å². The van der Waals surface area contributed by atoms with Crippen molar-refractivity contribution in [2.45, 2.75) is 114 Å². The van der Waals surface area contributed by atoms with Crippen LogP contribution in [0, 0.1) is 29.6 Å². The topological polar surface area (TPSA) is 8.17 Å². The first-order valence-electron chi connectivity index (χ1n) is 24.0. The van der Waals surface area contributed by atoms with Gasteiger partial charge in [0.2, 0.25) is 0 Å². The van der Waals surface area contributed by atoms with Crippen molar-refractivity contribution in [1.82, 2.24) is 4.57 Å².